The third-order valence-corrected chi connectivity index (χ3v) is 3.55. The first-order valence-electron chi connectivity index (χ1n) is 7.78. The number of ether oxygens (including phenoxy) is 1. The predicted octanol–water partition coefficient (Wildman–Crippen LogP) is 3.95. The first-order chi connectivity index (χ1) is 10.2. The second kappa shape index (κ2) is 10.1. The number of nitrogens with zero attached hydrogens (tertiary/aromatic N) is 1. The normalized spacial score (nSPS) is 10.4. The molecule has 1 aromatic carbocycles. The second-order valence-electron chi connectivity index (χ2n) is 5.22. The molecule has 0 aliphatic rings. The van der Waals surface area contributed by atoms with Crippen LogP contribution < -0.4 is 9.64 Å². The van der Waals surface area contributed by atoms with Crippen molar-refractivity contribution in [3.63, 3.8) is 0 Å². The maximum Gasteiger partial charge on any atom is 0.305 e. The molecule has 0 amide bonds. The monoisotopic (exact) mass is 293 g/mol. The van der Waals surface area contributed by atoms with Gasteiger partial charge in [0.25, 0.3) is 0 Å². The summed E-state index contributed by atoms with van der Waals surface area (Å²) in [4.78, 5) is 13.0. The van der Waals surface area contributed by atoms with Gasteiger partial charge in [0.15, 0.2) is 0 Å². The summed E-state index contributed by atoms with van der Waals surface area (Å²) < 4.78 is 5.39. The first-order valence-corrected chi connectivity index (χ1v) is 7.78. The molecule has 4 heteroatoms. The molecule has 0 atom stereocenters. The molecular formula is C17H27NO3. The van der Waals surface area contributed by atoms with E-state index in [0.717, 1.165) is 24.4 Å². The SMILES string of the molecule is CCCCCCCN(CCC(=O)O)c1ccccc1OC. The maximum absolute atomic E-state index is 10.8. The number of anilines is 1. The van der Waals surface area contributed by atoms with E-state index in [0.29, 0.717) is 6.54 Å². The summed E-state index contributed by atoms with van der Waals surface area (Å²) in [5.74, 6) is 0.0392. The van der Waals surface area contributed by atoms with Crippen LogP contribution in [0.4, 0.5) is 5.69 Å². The molecule has 0 aromatic heterocycles. The van der Waals surface area contributed by atoms with Gasteiger partial charge < -0.3 is 14.7 Å². The topological polar surface area (TPSA) is 49.8 Å². The predicted molar refractivity (Wildman–Crippen MR) is 86.2 cm³/mol. The van der Waals surface area contributed by atoms with Crippen LogP contribution >= 0.6 is 0 Å². The van der Waals surface area contributed by atoms with Crippen LogP contribution in [0.2, 0.25) is 0 Å². The van der Waals surface area contributed by atoms with Crippen LogP contribution in [0.3, 0.4) is 0 Å². The van der Waals surface area contributed by atoms with Crippen molar-refractivity contribution < 1.29 is 14.6 Å². The van der Waals surface area contributed by atoms with Gasteiger partial charge in [0.1, 0.15) is 5.75 Å². The van der Waals surface area contributed by atoms with Crippen LogP contribution in [0.15, 0.2) is 24.3 Å². The van der Waals surface area contributed by atoms with E-state index in [1.807, 2.05) is 24.3 Å². The molecule has 4 nitrogen and oxygen atoms in total. The van der Waals surface area contributed by atoms with Crippen LogP contribution in [0, 0.1) is 0 Å². The molecule has 0 radical (unpaired) electrons. The highest BCUT2D eigenvalue weighted by molar-refractivity contribution is 5.68. The summed E-state index contributed by atoms with van der Waals surface area (Å²) in [6.07, 6.45) is 6.16. The highest BCUT2D eigenvalue weighted by Crippen LogP contribution is 2.28. The fourth-order valence-corrected chi connectivity index (χ4v) is 2.38. The Morgan fingerprint density at radius 3 is 2.52 bits per heavy atom. The van der Waals surface area contributed by atoms with E-state index in [9.17, 15) is 4.79 Å². The van der Waals surface area contributed by atoms with Crippen molar-refractivity contribution in [2.24, 2.45) is 0 Å². The minimum absolute atomic E-state index is 0.146. The molecular weight excluding hydrogens is 266 g/mol. The number of rotatable bonds is 11. The van der Waals surface area contributed by atoms with Crippen LogP contribution in [-0.2, 0) is 4.79 Å². The molecule has 1 aromatic rings. The molecule has 0 fully saturated rings. The van der Waals surface area contributed by atoms with Gasteiger partial charge in [-0.05, 0) is 18.6 Å². The van der Waals surface area contributed by atoms with Gasteiger partial charge in [-0.15, -0.1) is 0 Å². The van der Waals surface area contributed by atoms with Gasteiger partial charge in [-0.2, -0.15) is 0 Å². The zero-order chi connectivity index (χ0) is 15.5. The Balaban J connectivity index is 2.64. The van der Waals surface area contributed by atoms with E-state index in [1.54, 1.807) is 7.11 Å². The Kier molecular flexibility index (Phi) is 8.32. The van der Waals surface area contributed by atoms with Crippen LogP contribution in [0.1, 0.15) is 45.4 Å². The average Bonchev–Trinajstić information content (AvgIpc) is 2.50. The summed E-state index contributed by atoms with van der Waals surface area (Å²) in [5.41, 5.74) is 0.983. The first kappa shape index (κ1) is 17.3. The van der Waals surface area contributed by atoms with Crippen molar-refractivity contribution in [3.05, 3.63) is 24.3 Å². The standard InChI is InChI=1S/C17H27NO3/c1-3-4-5-6-9-13-18(14-12-17(19)20)15-10-7-8-11-16(15)21-2/h7-8,10-11H,3-6,9,12-14H2,1-2H3,(H,19,20). The van der Waals surface area contributed by atoms with Gasteiger partial charge in [0.05, 0.1) is 19.2 Å². The molecule has 0 bridgehead atoms. The van der Waals surface area contributed by atoms with E-state index in [2.05, 4.69) is 11.8 Å². The van der Waals surface area contributed by atoms with E-state index >= 15 is 0 Å². The highest BCUT2D eigenvalue weighted by Gasteiger charge is 2.12. The van der Waals surface area contributed by atoms with Crippen LogP contribution in [0.5, 0.6) is 5.75 Å². The number of unbranched alkanes of at least 4 members (excludes halogenated alkanes) is 4. The molecule has 0 unspecified atom stereocenters. The molecule has 21 heavy (non-hydrogen) atoms. The van der Waals surface area contributed by atoms with Crippen molar-refractivity contribution in [3.8, 4) is 5.75 Å². The smallest absolute Gasteiger partial charge is 0.305 e. The average molecular weight is 293 g/mol. The summed E-state index contributed by atoms with van der Waals surface area (Å²) in [5, 5.41) is 8.92. The highest BCUT2D eigenvalue weighted by atomic mass is 16.5. The van der Waals surface area contributed by atoms with Crippen molar-refractivity contribution in [2.45, 2.75) is 45.4 Å². The van der Waals surface area contributed by atoms with Gasteiger partial charge in [-0.1, -0.05) is 44.7 Å². The van der Waals surface area contributed by atoms with E-state index < -0.39 is 5.97 Å². The van der Waals surface area contributed by atoms with E-state index in [1.165, 1.54) is 25.7 Å². The van der Waals surface area contributed by atoms with Gasteiger partial charge in [0, 0.05) is 13.1 Å². The lowest BCUT2D eigenvalue weighted by Crippen LogP contribution is -2.27. The molecule has 0 aliphatic carbocycles. The lowest BCUT2D eigenvalue weighted by molar-refractivity contribution is -0.136. The Bertz CT molecular complexity index is 420. The van der Waals surface area contributed by atoms with Gasteiger partial charge in [-0.3, -0.25) is 4.79 Å². The molecule has 0 aliphatic heterocycles. The molecule has 1 rings (SSSR count). The van der Waals surface area contributed by atoms with E-state index in [4.69, 9.17) is 9.84 Å². The Hall–Kier alpha value is -1.71. The van der Waals surface area contributed by atoms with Crippen molar-refractivity contribution in [2.75, 3.05) is 25.1 Å². The zero-order valence-electron chi connectivity index (χ0n) is 13.2. The fraction of sp³-hybridized carbons (Fsp3) is 0.588. The van der Waals surface area contributed by atoms with Crippen molar-refractivity contribution in [1.29, 1.82) is 0 Å². The quantitative estimate of drug-likeness (QED) is 0.628. The Morgan fingerprint density at radius 1 is 1.14 bits per heavy atom. The van der Waals surface area contributed by atoms with Gasteiger partial charge in [-0.25, -0.2) is 0 Å². The minimum Gasteiger partial charge on any atom is -0.495 e. The summed E-state index contributed by atoms with van der Waals surface area (Å²) in [7, 11) is 1.65. The molecule has 1 N–H and O–H groups in total. The molecule has 0 saturated heterocycles. The van der Waals surface area contributed by atoms with Gasteiger partial charge >= 0.3 is 5.97 Å². The minimum atomic E-state index is -0.763. The summed E-state index contributed by atoms with van der Waals surface area (Å²) >= 11 is 0. The zero-order valence-corrected chi connectivity index (χ0v) is 13.2. The molecule has 0 spiro atoms. The number of benzene rings is 1. The Labute approximate surface area is 127 Å². The lowest BCUT2D eigenvalue weighted by atomic mass is 10.1. The fourth-order valence-electron chi connectivity index (χ4n) is 2.38. The van der Waals surface area contributed by atoms with Crippen molar-refractivity contribution >= 4 is 11.7 Å². The second-order valence-corrected chi connectivity index (χ2v) is 5.22. The maximum atomic E-state index is 10.8. The summed E-state index contributed by atoms with van der Waals surface area (Å²) in [6.45, 7) is 3.59. The number of hydrogen-bond donors (Lipinski definition) is 1. The van der Waals surface area contributed by atoms with Crippen molar-refractivity contribution in [1.82, 2.24) is 0 Å². The van der Waals surface area contributed by atoms with E-state index in [-0.39, 0.29) is 6.42 Å². The number of hydrogen-bond acceptors (Lipinski definition) is 3. The third-order valence-electron chi connectivity index (χ3n) is 3.55. The lowest BCUT2D eigenvalue weighted by Gasteiger charge is -2.26. The number of methoxy groups -OCH3 is 1. The number of carboxylic acids is 1. The van der Waals surface area contributed by atoms with Crippen LogP contribution in [-0.4, -0.2) is 31.3 Å². The summed E-state index contributed by atoms with van der Waals surface area (Å²) in [6, 6.07) is 7.80. The number of carbonyl (C=O) groups is 1. The molecule has 118 valence electrons. The Morgan fingerprint density at radius 2 is 1.86 bits per heavy atom. The number of para-hydroxylation sites is 2. The molecule has 0 heterocycles. The number of carboxylic acid groups (broad SMARTS) is 1. The molecule has 0 saturated carbocycles. The van der Waals surface area contributed by atoms with Crippen LogP contribution in [0.25, 0.3) is 0 Å². The number of aliphatic carboxylic acids is 1. The third kappa shape index (κ3) is 6.52. The largest absolute Gasteiger partial charge is 0.495 e. The van der Waals surface area contributed by atoms with Gasteiger partial charge in [0.2, 0.25) is 0 Å².